The van der Waals surface area contributed by atoms with Gasteiger partial charge in [0.1, 0.15) is 0 Å². The van der Waals surface area contributed by atoms with Crippen molar-refractivity contribution in [2.45, 2.75) is 13.0 Å². The van der Waals surface area contributed by atoms with Crippen LogP contribution in [0.25, 0.3) is 0 Å². The van der Waals surface area contributed by atoms with Gasteiger partial charge < -0.3 is 4.74 Å². The van der Waals surface area contributed by atoms with Gasteiger partial charge in [-0.3, -0.25) is 4.99 Å². The molecule has 0 aliphatic carbocycles. The van der Waals surface area contributed by atoms with Crippen molar-refractivity contribution >= 4 is 6.72 Å². The Hall–Kier alpha value is -0.890. The standard InChI is InChI=1S/C9H15NO/c1-8(7-11-4)5-6-9(2)10-3/h5-6,9H,1,3,7H2,2,4H3/b6-5-. The fourth-order valence-corrected chi connectivity index (χ4v) is 0.570. The first kappa shape index (κ1) is 10.1. The minimum Gasteiger partial charge on any atom is -0.380 e. The van der Waals surface area contributed by atoms with Crippen LogP contribution in [0.1, 0.15) is 6.92 Å². The first-order valence-corrected chi connectivity index (χ1v) is 3.51. The van der Waals surface area contributed by atoms with Crippen molar-refractivity contribution in [2.24, 2.45) is 4.99 Å². The van der Waals surface area contributed by atoms with Crippen LogP contribution in [-0.2, 0) is 4.74 Å². The van der Waals surface area contributed by atoms with Crippen molar-refractivity contribution in [3.8, 4) is 0 Å². The molecule has 2 heteroatoms. The summed E-state index contributed by atoms with van der Waals surface area (Å²) in [5.41, 5.74) is 0.947. The van der Waals surface area contributed by atoms with Crippen LogP contribution < -0.4 is 0 Å². The van der Waals surface area contributed by atoms with Gasteiger partial charge in [-0.25, -0.2) is 0 Å². The topological polar surface area (TPSA) is 21.6 Å². The van der Waals surface area contributed by atoms with E-state index in [9.17, 15) is 0 Å². The van der Waals surface area contributed by atoms with Crippen molar-refractivity contribution in [1.29, 1.82) is 0 Å². The van der Waals surface area contributed by atoms with Gasteiger partial charge in [-0.15, -0.1) is 0 Å². The first-order valence-electron chi connectivity index (χ1n) is 3.51. The van der Waals surface area contributed by atoms with Gasteiger partial charge in [0, 0.05) is 7.11 Å². The van der Waals surface area contributed by atoms with Gasteiger partial charge in [0.15, 0.2) is 0 Å². The van der Waals surface area contributed by atoms with Crippen molar-refractivity contribution in [3.05, 3.63) is 24.3 Å². The van der Waals surface area contributed by atoms with Crippen LogP contribution in [0.15, 0.2) is 29.3 Å². The zero-order chi connectivity index (χ0) is 8.69. The molecule has 0 rings (SSSR count). The molecule has 0 fully saturated rings. The maximum atomic E-state index is 4.87. The van der Waals surface area contributed by atoms with Crippen LogP contribution in [-0.4, -0.2) is 26.5 Å². The van der Waals surface area contributed by atoms with Gasteiger partial charge in [-0.05, 0) is 19.2 Å². The summed E-state index contributed by atoms with van der Waals surface area (Å²) in [6, 6.07) is 0.156. The molecule has 0 aromatic rings. The number of rotatable bonds is 5. The summed E-state index contributed by atoms with van der Waals surface area (Å²) in [6.07, 6.45) is 3.84. The number of ether oxygens (including phenoxy) is 1. The Balaban J connectivity index is 3.72. The van der Waals surface area contributed by atoms with Crippen LogP contribution in [0.3, 0.4) is 0 Å². The smallest absolute Gasteiger partial charge is 0.0707 e. The largest absolute Gasteiger partial charge is 0.380 e. The van der Waals surface area contributed by atoms with Gasteiger partial charge >= 0.3 is 0 Å². The highest BCUT2D eigenvalue weighted by Gasteiger charge is 1.89. The third kappa shape index (κ3) is 5.55. The molecule has 0 aromatic heterocycles. The third-order valence-electron chi connectivity index (χ3n) is 1.23. The van der Waals surface area contributed by atoms with Gasteiger partial charge in [-0.1, -0.05) is 18.7 Å². The van der Waals surface area contributed by atoms with E-state index in [2.05, 4.69) is 18.3 Å². The lowest BCUT2D eigenvalue weighted by Gasteiger charge is -1.98. The van der Waals surface area contributed by atoms with Crippen molar-refractivity contribution < 1.29 is 4.74 Å². The molecule has 0 radical (unpaired) electrons. The van der Waals surface area contributed by atoms with Crippen LogP contribution in [0.4, 0.5) is 0 Å². The summed E-state index contributed by atoms with van der Waals surface area (Å²) in [5, 5.41) is 0. The van der Waals surface area contributed by atoms with Gasteiger partial charge in [0.05, 0.1) is 12.6 Å². The summed E-state index contributed by atoms with van der Waals surface area (Å²) in [5.74, 6) is 0. The molecular formula is C9H15NO. The molecule has 11 heavy (non-hydrogen) atoms. The van der Waals surface area contributed by atoms with E-state index < -0.39 is 0 Å². The maximum Gasteiger partial charge on any atom is 0.0707 e. The van der Waals surface area contributed by atoms with Crippen LogP contribution in [0.5, 0.6) is 0 Å². The number of hydrogen-bond acceptors (Lipinski definition) is 2. The second-order valence-corrected chi connectivity index (χ2v) is 2.37. The zero-order valence-corrected chi connectivity index (χ0v) is 7.21. The monoisotopic (exact) mass is 153 g/mol. The summed E-state index contributed by atoms with van der Waals surface area (Å²) in [6.45, 7) is 9.73. The SMILES string of the molecule is C=NC(C)/C=C\C(=C)COC. The quantitative estimate of drug-likeness (QED) is 0.436. The minimum absolute atomic E-state index is 0.156. The number of aliphatic imine (C=N–C) groups is 1. The Bertz CT molecular complexity index is 161. The van der Waals surface area contributed by atoms with Crippen molar-refractivity contribution in [2.75, 3.05) is 13.7 Å². The molecule has 0 heterocycles. The molecular weight excluding hydrogens is 138 g/mol. The third-order valence-corrected chi connectivity index (χ3v) is 1.23. The van der Waals surface area contributed by atoms with E-state index >= 15 is 0 Å². The van der Waals surface area contributed by atoms with Gasteiger partial charge in [0.2, 0.25) is 0 Å². The van der Waals surface area contributed by atoms with E-state index in [-0.39, 0.29) is 6.04 Å². The fraction of sp³-hybridized carbons (Fsp3) is 0.444. The summed E-state index contributed by atoms with van der Waals surface area (Å²) >= 11 is 0. The molecule has 0 saturated heterocycles. The van der Waals surface area contributed by atoms with E-state index in [1.54, 1.807) is 7.11 Å². The van der Waals surface area contributed by atoms with Crippen LogP contribution >= 0.6 is 0 Å². The van der Waals surface area contributed by atoms with Gasteiger partial charge in [0.25, 0.3) is 0 Å². The summed E-state index contributed by atoms with van der Waals surface area (Å²) in [7, 11) is 1.65. The highest BCUT2D eigenvalue weighted by molar-refractivity contribution is 5.26. The van der Waals surface area contributed by atoms with E-state index in [1.165, 1.54) is 0 Å². The first-order chi connectivity index (χ1) is 5.20. The summed E-state index contributed by atoms with van der Waals surface area (Å²) in [4.78, 5) is 3.80. The molecule has 62 valence electrons. The van der Waals surface area contributed by atoms with Gasteiger partial charge in [-0.2, -0.15) is 0 Å². The Kier molecular flexibility index (Phi) is 5.39. The predicted molar refractivity (Wildman–Crippen MR) is 49.2 cm³/mol. The Morgan fingerprint density at radius 1 is 1.73 bits per heavy atom. The molecule has 0 aliphatic rings. The molecule has 0 amide bonds. The lowest BCUT2D eigenvalue weighted by molar-refractivity contribution is 0.228. The normalized spacial score (nSPS) is 13.3. The average Bonchev–Trinajstić information content (AvgIpc) is 2.01. The maximum absolute atomic E-state index is 4.87. The number of hydrogen-bond donors (Lipinski definition) is 0. The molecule has 2 nitrogen and oxygen atoms in total. The molecule has 0 aliphatic heterocycles. The molecule has 0 saturated carbocycles. The van der Waals surface area contributed by atoms with Crippen molar-refractivity contribution in [1.82, 2.24) is 0 Å². The second kappa shape index (κ2) is 5.86. The van der Waals surface area contributed by atoms with Crippen LogP contribution in [0.2, 0.25) is 0 Å². The predicted octanol–water partition coefficient (Wildman–Crippen LogP) is 1.83. The van der Waals surface area contributed by atoms with E-state index in [0.29, 0.717) is 6.61 Å². The number of methoxy groups -OCH3 is 1. The highest BCUT2D eigenvalue weighted by Crippen LogP contribution is 1.96. The van der Waals surface area contributed by atoms with Crippen molar-refractivity contribution in [3.63, 3.8) is 0 Å². The lowest BCUT2D eigenvalue weighted by Crippen LogP contribution is -1.93. The average molecular weight is 153 g/mol. The zero-order valence-electron chi connectivity index (χ0n) is 7.21. The fourth-order valence-electron chi connectivity index (χ4n) is 0.570. The van der Waals surface area contributed by atoms with E-state index in [1.807, 2.05) is 19.1 Å². The molecule has 0 spiro atoms. The Morgan fingerprint density at radius 3 is 2.82 bits per heavy atom. The van der Waals surface area contributed by atoms with E-state index in [0.717, 1.165) is 5.57 Å². The molecule has 0 N–H and O–H groups in total. The number of nitrogens with zero attached hydrogens (tertiary/aromatic N) is 1. The highest BCUT2D eigenvalue weighted by atomic mass is 16.5. The molecule has 0 bridgehead atoms. The summed E-state index contributed by atoms with van der Waals surface area (Å²) < 4.78 is 4.87. The lowest BCUT2D eigenvalue weighted by atomic mass is 10.2. The van der Waals surface area contributed by atoms with E-state index in [4.69, 9.17) is 4.74 Å². The Morgan fingerprint density at radius 2 is 2.36 bits per heavy atom. The molecule has 1 unspecified atom stereocenters. The molecule has 0 aromatic carbocycles. The molecule has 1 atom stereocenters. The second-order valence-electron chi connectivity index (χ2n) is 2.37. The minimum atomic E-state index is 0.156. The van der Waals surface area contributed by atoms with Crippen LogP contribution in [0, 0.1) is 0 Å². The Labute approximate surface area is 68.3 Å².